The average molecular weight is 433 g/mol. The summed E-state index contributed by atoms with van der Waals surface area (Å²) >= 11 is 0. The van der Waals surface area contributed by atoms with Crippen molar-refractivity contribution in [3.05, 3.63) is 54.6 Å². The molecule has 0 aromatic heterocycles. The fraction of sp³-hybridized carbons (Fsp3) is 0.286. The second kappa shape index (κ2) is 10.9. The molecule has 2 aromatic rings. The van der Waals surface area contributed by atoms with Gasteiger partial charge < -0.3 is 26.2 Å². The van der Waals surface area contributed by atoms with Crippen LogP contribution in [0, 0.1) is 0 Å². The first-order valence-electron chi connectivity index (χ1n) is 9.48. The normalized spacial score (nSPS) is 16.2. The molecule has 31 heavy (non-hydrogen) atoms. The van der Waals surface area contributed by atoms with Gasteiger partial charge in [-0.3, -0.25) is 4.79 Å². The third-order valence-corrected chi connectivity index (χ3v) is 4.11. The van der Waals surface area contributed by atoms with E-state index in [2.05, 4.69) is 9.98 Å². The number of nitrogens with two attached hydrogens (primary N) is 2. The Morgan fingerprint density at radius 2 is 1.55 bits per heavy atom. The van der Waals surface area contributed by atoms with Crippen LogP contribution in [-0.4, -0.2) is 46.9 Å². The zero-order valence-corrected chi connectivity index (χ0v) is 17.0. The number of carbonyl (C=O) groups is 1. The molecule has 0 bridgehead atoms. The molecule has 5 N–H and O–H groups in total. The number of benzene rings is 2. The zero-order chi connectivity index (χ0) is 22.9. The van der Waals surface area contributed by atoms with Crippen LogP contribution < -0.4 is 16.2 Å². The number of aliphatic carboxylic acids is 1. The zero-order valence-electron chi connectivity index (χ0n) is 17.0. The van der Waals surface area contributed by atoms with E-state index in [1.807, 2.05) is 30.3 Å². The van der Waals surface area contributed by atoms with Gasteiger partial charge in [-0.05, 0) is 36.4 Å². The third kappa shape index (κ3) is 8.69. The van der Waals surface area contributed by atoms with E-state index in [1.54, 1.807) is 29.2 Å². The number of alkyl halides is 2. The average Bonchev–Trinajstić information content (AvgIpc) is 2.69. The summed E-state index contributed by atoms with van der Waals surface area (Å²) in [6.07, 6.45) is -0.494. The number of nitrogens with zero attached hydrogens (tertiary/aromatic N) is 3. The number of aliphatic imine (C=N–C) groups is 2. The maximum atomic E-state index is 13.2. The first kappa shape index (κ1) is 23.6. The first-order chi connectivity index (χ1) is 14.6. The summed E-state index contributed by atoms with van der Waals surface area (Å²) < 4.78 is 32.1. The smallest absolute Gasteiger partial charge is 0.300 e. The summed E-state index contributed by atoms with van der Waals surface area (Å²) in [5.74, 6) is -2.02. The molecule has 8 nitrogen and oxygen atoms in total. The lowest BCUT2D eigenvalue weighted by Crippen LogP contribution is -2.46. The molecule has 0 atom stereocenters. The number of ether oxygens (including phenoxy) is 1. The molecule has 10 heteroatoms. The van der Waals surface area contributed by atoms with Crippen LogP contribution in [-0.2, 0) is 4.79 Å². The van der Waals surface area contributed by atoms with Gasteiger partial charge in [-0.15, -0.1) is 0 Å². The van der Waals surface area contributed by atoms with Crippen molar-refractivity contribution in [1.82, 2.24) is 4.90 Å². The summed E-state index contributed by atoms with van der Waals surface area (Å²) in [6.45, 7) is 1.36. The molecule has 166 valence electrons. The van der Waals surface area contributed by atoms with Crippen LogP contribution in [0.1, 0.15) is 19.8 Å². The Labute approximate surface area is 178 Å². The predicted molar refractivity (Wildman–Crippen MR) is 115 cm³/mol. The van der Waals surface area contributed by atoms with Gasteiger partial charge >= 0.3 is 0 Å². The SMILES string of the molecule is CC(=O)O.NC(=Nc1ccc(Oc2ccccc2)cc1)N=C(N)N1CCC(F)(F)CC1. The van der Waals surface area contributed by atoms with Gasteiger partial charge in [0.15, 0.2) is 5.96 Å². The Bertz CT molecular complexity index is 904. The Hall–Kier alpha value is -3.69. The Morgan fingerprint density at radius 1 is 1.03 bits per heavy atom. The second-order valence-electron chi connectivity index (χ2n) is 6.71. The van der Waals surface area contributed by atoms with E-state index in [4.69, 9.17) is 26.1 Å². The largest absolute Gasteiger partial charge is 0.481 e. The summed E-state index contributed by atoms with van der Waals surface area (Å²) in [4.78, 5) is 18.8. The van der Waals surface area contributed by atoms with E-state index in [-0.39, 0.29) is 37.9 Å². The van der Waals surface area contributed by atoms with Crippen LogP contribution in [0.5, 0.6) is 11.5 Å². The van der Waals surface area contributed by atoms with E-state index in [9.17, 15) is 8.78 Å². The number of guanidine groups is 2. The minimum Gasteiger partial charge on any atom is -0.481 e. The van der Waals surface area contributed by atoms with Gasteiger partial charge in [0.05, 0.1) is 5.69 Å². The minimum atomic E-state index is -2.64. The van der Waals surface area contributed by atoms with Gasteiger partial charge in [0.2, 0.25) is 5.96 Å². The van der Waals surface area contributed by atoms with Crippen molar-refractivity contribution in [2.24, 2.45) is 21.5 Å². The lowest BCUT2D eigenvalue weighted by atomic mass is 10.1. The predicted octanol–water partition coefficient (Wildman–Crippen LogP) is 3.56. The minimum absolute atomic E-state index is 0.0402. The van der Waals surface area contributed by atoms with Crippen LogP contribution in [0.3, 0.4) is 0 Å². The van der Waals surface area contributed by atoms with Crippen molar-refractivity contribution in [3.63, 3.8) is 0 Å². The number of carboxylic acids is 1. The second-order valence-corrected chi connectivity index (χ2v) is 6.71. The molecule has 1 aliphatic heterocycles. The van der Waals surface area contributed by atoms with Crippen molar-refractivity contribution in [3.8, 4) is 11.5 Å². The molecule has 0 radical (unpaired) electrons. The first-order valence-corrected chi connectivity index (χ1v) is 9.48. The number of hydrogen-bond donors (Lipinski definition) is 3. The fourth-order valence-electron chi connectivity index (χ4n) is 2.62. The molecule has 1 aliphatic rings. The topological polar surface area (TPSA) is 127 Å². The number of rotatable bonds is 3. The van der Waals surface area contributed by atoms with Gasteiger partial charge in [0.25, 0.3) is 11.9 Å². The molecule has 3 rings (SSSR count). The highest BCUT2D eigenvalue weighted by molar-refractivity contribution is 5.94. The summed E-state index contributed by atoms with van der Waals surface area (Å²) in [5, 5.41) is 7.42. The van der Waals surface area contributed by atoms with Gasteiger partial charge in [0, 0.05) is 32.9 Å². The van der Waals surface area contributed by atoms with Gasteiger partial charge in [0.1, 0.15) is 11.5 Å². The summed E-state index contributed by atoms with van der Waals surface area (Å²) in [7, 11) is 0. The highest BCUT2D eigenvalue weighted by atomic mass is 19.3. The molecule has 1 saturated heterocycles. The van der Waals surface area contributed by atoms with Gasteiger partial charge in [-0.25, -0.2) is 13.8 Å². The molecule has 0 saturated carbocycles. The van der Waals surface area contributed by atoms with E-state index in [0.717, 1.165) is 12.7 Å². The van der Waals surface area contributed by atoms with E-state index in [0.29, 0.717) is 11.4 Å². The van der Waals surface area contributed by atoms with Crippen LogP contribution in [0.25, 0.3) is 0 Å². The molecule has 0 spiro atoms. The number of para-hydroxylation sites is 1. The van der Waals surface area contributed by atoms with Crippen LogP contribution >= 0.6 is 0 Å². The van der Waals surface area contributed by atoms with Crippen molar-refractivity contribution in [2.75, 3.05) is 13.1 Å². The fourth-order valence-corrected chi connectivity index (χ4v) is 2.62. The third-order valence-electron chi connectivity index (χ3n) is 4.11. The van der Waals surface area contributed by atoms with Crippen molar-refractivity contribution >= 4 is 23.6 Å². The van der Waals surface area contributed by atoms with Crippen molar-refractivity contribution in [2.45, 2.75) is 25.7 Å². The Balaban J connectivity index is 0.000000785. The number of hydrogen-bond acceptors (Lipinski definition) is 3. The molecule has 2 aromatic carbocycles. The van der Waals surface area contributed by atoms with Gasteiger partial charge in [-0.2, -0.15) is 4.99 Å². The standard InChI is InChI=1S/C19H21F2N5O.C2H4O2/c20-19(21)10-12-26(13-11-19)18(23)25-17(22)24-14-6-8-16(9-7-14)27-15-4-2-1-3-5-15;1-2(3)4/h1-9H,10-13H2,(H4,22,23,24,25);1H3,(H,3,4). The Kier molecular flexibility index (Phi) is 8.30. The molecule has 1 fully saturated rings. The summed E-state index contributed by atoms with van der Waals surface area (Å²) in [6, 6.07) is 16.4. The van der Waals surface area contributed by atoms with Crippen LogP contribution in [0.15, 0.2) is 64.6 Å². The molecular weight excluding hydrogens is 408 g/mol. The lowest BCUT2D eigenvalue weighted by molar-refractivity contribution is -0.134. The highest BCUT2D eigenvalue weighted by Crippen LogP contribution is 2.27. The molecule has 0 amide bonds. The number of likely N-dealkylation sites (tertiary alicyclic amines) is 1. The molecular formula is C21H25F2N5O3. The van der Waals surface area contributed by atoms with Crippen molar-refractivity contribution in [1.29, 1.82) is 0 Å². The van der Waals surface area contributed by atoms with E-state index in [1.165, 1.54) is 0 Å². The number of halogens is 2. The maximum Gasteiger partial charge on any atom is 0.300 e. The molecule has 0 unspecified atom stereocenters. The van der Waals surface area contributed by atoms with Gasteiger partial charge in [-0.1, -0.05) is 18.2 Å². The quantitative estimate of drug-likeness (QED) is 0.502. The van der Waals surface area contributed by atoms with Crippen molar-refractivity contribution < 1.29 is 23.4 Å². The highest BCUT2D eigenvalue weighted by Gasteiger charge is 2.34. The molecule has 1 heterocycles. The number of piperidine rings is 1. The van der Waals surface area contributed by atoms with E-state index >= 15 is 0 Å². The van der Waals surface area contributed by atoms with Crippen LogP contribution in [0.2, 0.25) is 0 Å². The van der Waals surface area contributed by atoms with Crippen LogP contribution in [0.4, 0.5) is 14.5 Å². The molecule has 0 aliphatic carbocycles. The number of carboxylic acid groups (broad SMARTS) is 1. The monoisotopic (exact) mass is 433 g/mol. The van der Waals surface area contributed by atoms with E-state index < -0.39 is 11.9 Å². The summed E-state index contributed by atoms with van der Waals surface area (Å²) in [5.41, 5.74) is 12.2. The Morgan fingerprint density at radius 3 is 2.10 bits per heavy atom. The lowest BCUT2D eigenvalue weighted by Gasteiger charge is -2.32. The maximum absolute atomic E-state index is 13.2.